The van der Waals surface area contributed by atoms with E-state index in [0.29, 0.717) is 101 Å². The van der Waals surface area contributed by atoms with Gasteiger partial charge in [-0.3, -0.25) is 28.8 Å². The lowest BCUT2D eigenvalue weighted by Crippen LogP contribution is -2.61. The summed E-state index contributed by atoms with van der Waals surface area (Å²) >= 11 is 23.7. The Morgan fingerprint density at radius 1 is 0.606 bits per heavy atom. The molecule has 0 radical (unpaired) electrons. The highest BCUT2D eigenvalue weighted by Crippen LogP contribution is 2.64. The summed E-state index contributed by atoms with van der Waals surface area (Å²) in [5.41, 5.74) is -4.96. The van der Waals surface area contributed by atoms with Crippen LogP contribution in [0.4, 0.5) is 13.2 Å². The predicted molar refractivity (Wildman–Crippen MR) is 435 cm³/mol. The van der Waals surface area contributed by atoms with Gasteiger partial charge in [0, 0.05) is 27.7 Å². The van der Waals surface area contributed by atoms with E-state index < -0.39 is 85.0 Å². The van der Waals surface area contributed by atoms with Crippen molar-refractivity contribution >= 4 is 188 Å². The van der Waals surface area contributed by atoms with Crippen molar-refractivity contribution in [3.8, 4) is 27.9 Å². The normalized spacial score (nSPS) is 22.8. The fraction of sp³-hybridized carbons (Fsp3) is 0.544. The van der Waals surface area contributed by atoms with Gasteiger partial charge in [0.15, 0.2) is 43.8 Å². The lowest BCUT2D eigenvalue weighted by Gasteiger charge is -2.60. The van der Waals surface area contributed by atoms with Crippen LogP contribution in [0, 0.1) is 44.8 Å². The molecule has 4 saturated carbocycles. The fourth-order valence-electron chi connectivity index (χ4n) is 13.6. The van der Waals surface area contributed by atoms with Gasteiger partial charge in [-0.05, 0) is 306 Å². The number of alkyl halides is 3. The molecule has 598 valence electrons. The summed E-state index contributed by atoms with van der Waals surface area (Å²) in [6.07, 6.45) is -3.65. The van der Waals surface area contributed by atoms with Crippen molar-refractivity contribution in [3.63, 3.8) is 0 Å². The van der Waals surface area contributed by atoms with Crippen molar-refractivity contribution in [2.45, 2.75) is 222 Å². The number of hydrogen-bond donors (Lipinski definition) is 1. The first-order valence-corrected chi connectivity index (χ1v) is 44.1. The number of fused-ring (bicyclic) bond motifs is 4. The zero-order valence-corrected chi connectivity index (χ0v) is 75.9. The minimum atomic E-state index is -5.27. The second-order valence-electron chi connectivity index (χ2n) is 32.0. The van der Waals surface area contributed by atoms with Gasteiger partial charge in [-0.25, -0.2) is 8.42 Å². The molecule has 0 spiro atoms. The summed E-state index contributed by atoms with van der Waals surface area (Å²) in [5, 5.41) is 12.6. The molecular formula is C79H92Br7F3O18S2. The zero-order valence-electron chi connectivity index (χ0n) is 63.2. The summed E-state index contributed by atoms with van der Waals surface area (Å²) in [7, 11) is -5.21. The number of hydrogen-bond acceptors (Lipinski definition) is 18. The number of carbonyl (C=O) groups is 6. The van der Waals surface area contributed by atoms with Crippen LogP contribution in [-0.2, 0) is 62.6 Å². The highest BCUT2D eigenvalue weighted by atomic mass is 79.9. The maximum absolute atomic E-state index is 13.3. The highest BCUT2D eigenvalue weighted by molar-refractivity contribution is 9.14. The molecule has 1 aromatic heterocycles. The van der Waals surface area contributed by atoms with Crippen molar-refractivity contribution in [2.75, 3.05) is 5.75 Å². The number of aromatic hydroxyl groups is 1. The Labute approximate surface area is 696 Å². The van der Waals surface area contributed by atoms with Crippen LogP contribution in [-0.4, -0.2) is 108 Å². The van der Waals surface area contributed by atoms with Crippen molar-refractivity contribution < 1.29 is 97.9 Å². The Morgan fingerprint density at radius 2 is 1.06 bits per heavy atom. The molecule has 4 aliphatic carbocycles. The lowest BCUT2D eigenvalue weighted by atomic mass is 9.48. The van der Waals surface area contributed by atoms with Gasteiger partial charge in [0.1, 0.15) is 27.5 Å². The first-order valence-electron chi connectivity index (χ1n) is 35.8. The van der Waals surface area contributed by atoms with Gasteiger partial charge in [-0.2, -0.15) is 13.2 Å². The van der Waals surface area contributed by atoms with Crippen molar-refractivity contribution in [1.82, 2.24) is 0 Å². The van der Waals surface area contributed by atoms with E-state index in [2.05, 4.69) is 195 Å². The van der Waals surface area contributed by atoms with Gasteiger partial charge in [0.2, 0.25) is 6.10 Å². The minimum absolute atomic E-state index is 0.00100. The molecule has 0 amide bonds. The van der Waals surface area contributed by atoms with Crippen LogP contribution in [0.3, 0.4) is 0 Å². The maximum Gasteiger partial charge on any atom is 0.426 e. The van der Waals surface area contributed by atoms with E-state index in [-0.39, 0.29) is 87.8 Å². The Bertz CT molecular complexity index is 4420. The lowest BCUT2D eigenvalue weighted by molar-refractivity contribution is -0.239. The van der Waals surface area contributed by atoms with E-state index in [0.717, 1.165) is 6.42 Å². The second-order valence-corrected chi connectivity index (χ2v) is 41.1. The SMILES string of the molecule is CCC(C)(C)C(=O)OC12CC3CC(C1)CC(C(=O)OC(CS(=O)(=O)[O-])C(F)(F)F)(C3)C2.CCC(C)(C)C(=O)OC1C2CC3C(=O)OC1C3O2.CCC(C)(C)C(=O)Oc1c(Br)c(Br)c(OC(C)(C)C)c(Br)c1Br.CCC(C)(C)C(=O)Oc1c(Br)cc(Br)c(O)c1Br.c1ccc(-[s+]2c3ccccc3c3ccccc32)cc1. The maximum atomic E-state index is 13.3. The van der Waals surface area contributed by atoms with Crippen LogP contribution in [0.25, 0.3) is 25.1 Å². The number of esters is 6. The molecule has 8 unspecified atom stereocenters. The standard InChI is InChI=1S/C20H29F3O7S.C18H13S.C16H20Br4O3.C13H18O5.C12H13Br3O3/c1-4-17(2,3)15(24)30-19-8-12-5-13(9-19)7-18(6-12,11-19)16(25)29-14(20(21,22)23)10-31(26,27)28;1-2-8-14(9-3-1)19-17-12-6-4-10-15(17)16-11-5-7-13-18(16)19;1-7-16(5,6)14(21)22-12-8(17)10(19)13(11(20)9(12)18)23-15(2,3)4;1-4-13(2,3)12(15)18-9-7-5-6-8(16-7)10(9)17-11(6)14;1-4-12(2,3)11(17)18-10-7(14)5-6(13)9(16)8(10)15/h12-14H,4-11H2,1-3H3,(H,26,27,28);1-13H;7H2,1-6H3;6-10H,4-5H2,1-3H3;5,16H,4H2,1-3H3/q;+1;;;/p-1. The van der Waals surface area contributed by atoms with Crippen molar-refractivity contribution in [1.29, 1.82) is 0 Å². The number of thiophene rings is 1. The van der Waals surface area contributed by atoms with E-state index in [9.17, 15) is 60.0 Å². The summed E-state index contributed by atoms with van der Waals surface area (Å²) < 4.78 is 123. The Hall–Kier alpha value is -4.24. The monoisotopic (exact) mass is 2000 g/mol. The molecule has 1 N–H and O–H groups in total. The van der Waals surface area contributed by atoms with Crippen LogP contribution < -0.4 is 14.2 Å². The molecule has 7 fully saturated rings. The van der Waals surface area contributed by atoms with Gasteiger partial charge in [-0.15, -0.1) is 0 Å². The molecule has 5 aromatic carbocycles. The molecule has 109 heavy (non-hydrogen) atoms. The Balaban J connectivity index is 0.000000174. The summed E-state index contributed by atoms with van der Waals surface area (Å²) in [5.74, 6) is -3.35. The molecule has 6 bridgehead atoms. The number of rotatable bonds is 18. The molecule has 30 heteroatoms. The quantitative estimate of drug-likeness (QED) is 0.0209. The van der Waals surface area contributed by atoms with Crippen molar-refractivity contribution in [3.05, 3.63) is 116 Å². The van der Waals surface area contributed by atoms with E-state index in [1.54, 1.807) is 19.9 Å². The number of halogens is 10. The second kappa shape index (κ2) is 35.1. The molecule has 3 saturated heterocycles. The van der Waals surface area contributed by atoms with Crippen LogP contribution in [0.5, 0.6) is 23.0 Å². The summed E-state index contributed by atoms with van der Waals surface area (Å²) in [6, 6.07) is 30.0. The number of ether oxygens (including phenoxy) is 8. The van der Waals surface area contributed by atoms with E-state index in [1.807, 2.05) is 90.0 Å². The molecule has 18 nitrogen and oxygen atoms in total. The van der Waals surface area contributed by atoms with E-state index in [1.165, 1.54) is 25.1 Å². The highest BCUT2D eigenvalue weighted by Gasteiger charge is 2.66. The summed E-state index contributed by atoms with van der Waals surface area (Å²) in [6.45, 7) is 28.1. The molecule has 3 aliphatic heterocycles. The van der Waals surface area contributed by atoms with Crippen LogP contribution in [0.15, 0.2) is 116 Å². The largest absolute Gasteiger partial charge is 0.748 e. The third kappa shape index (κ3) is 20.9. The van der Waals surface area contributed by atoms with E-state index in [4.69, 9.17) is 33.2 Å². The molecule has 13 rings (SSSR count). The third-order valence-electron chi connectivity index (χ3n) is 21.1. The van der Waals surface area contributed by atoms with Crippen LogP contribution >= 0.6 is 122 Å². The Kier molecular flexibility index (Phi) is 29.1. The number of phenolic OH excluding ortho intramolecular Hbond substituents is 1. The third-order valence-corrected chi connectivity index (χ3v) is 30.1. The average Bonchev–Trinajstić information content (AvgIpc) is 1.62. The first-order chi connectivity index (χ1) is 50.4. The Morgan fingerprint density at radius 3 is 1.54 bits per heavy atom. The number of phenols is 1. The van der Waals surface area contributed by atoms with Gasteiger partial charge in [0.05, 0.1) is 81.8 Å². The molecule has 4 heterocycles. The molecule has 6 aromatic rings. The topological polar surface area (TPSA) is 254 Å². The molecular weight excluding hydrogens is 1920 g/mol. The van der Waals surface area contributed by atoms with Crippen LogP contribution in [0.1, 0.15) is 174 Å². The fourth-order valence-corrected chi connectivity index (χ4v) is 21.3. The van der Waals surface area contributed by atoms with Crippen molar-refractivity contribution in [2.24, 2.45) is 44.8 Å². The molecule has 8 atom stereocenters. The zero-order chi connectivity index (χ0) is 81.4. The predicted octanol–water partition coefficient (Wildman–Crippen LogP) is 22.4. The smallest absolute Gasteiger partial charge is 0.426 e. The van der Waals surface area contributed by atoms with E-state index >= 15 is 0 Å². The first kappa shape index (κ1) is 90.3. The average molecular weight is 2010 g/mol. The number of benzene rings is 5. The number of carbonyl (C=O) groups excluding carboxylic acids is 6. The van der Waals surface area contributed by atoms with Gasteiger partial charge in [0.25, 0.3) is 0 Å². The van der Waals surface area contributed by atoms with Gasteiger partial charge < -0.3 is 47.6 Å². The minimum Gasteiger partial charge on any atom is -0.748 e. The van der Waals surface area contributed by atoms with Gasteiger partial charge >= 0.3 is 42.0 Å². The van der Waals surface area contributed by atoms with Gasteiger partial charge in [-0.1, -0.05) is 70.2 Å². The molecule has 7 aliphatic rings. The van der Waals surface area contributed by atoms with Crippen LogP contribution in [0.2, 0.25) is 0 Å². The summed E-state index contributed by atoms with van der Waals surface area (Å²) in [4.78, 5) is 75.1.